The molecule has 35 heavy (non-hydrogen) atoms. The number of rotatable bonds is 4. The molecule has 1 aliphatic carbocycles. The number of anilines is 3. The summed E-state index contributed by atoms with van der Waals surface area (Å²) in [6.07, 6.45) is 11.4. The van der Waals surface area contributed by atoms with Crippen LogP contribution in [-0.2, 0) is 5.54 Å². The van der Waals surface area contributed by atoms with E-state index in [0.29, 0.717) is 30.0 Å². The number of fused-ring (bicyclic) bond motifs is 4. The van der Waals surface area contributed by atoms with E-state index in [-0.39, 0.29) is 11.4 Å². The first-order valence-electron chi connectivity index (χ1n) is 12.5. The zero-order valence-electron chi connectivity index (χ0n) is 20.2. The number of piperazine rings is 1. The lowest BCUT2D eigenvalue weighted by Gasteiger charge is -2.42. The van der Waals surface area contributed by atoms with Crippen LogP contribution in [0.1, 0.15) is 42.6 Å². The molecule has 182 valence electrons. The molecule has 2 aliphatic heterocycles. The summed E-state index contributed by atoms with van der Waals surface area (Å²) >= 11 is 0. The molecular formula is C26H32N8O. The smallest absolute Gasteiger partial charge is 0.268 e. The second-order valence-corrected chi connectivity index (χ2v) is 10.1. The summed E-state index contributed by atoms with van der Waals surface area (Å²) in [6, 6.07) is 6.31. The Morgan fingerprint density at radius 3 is 2.80 bits per heavy atom. The molecule has 1 spiro atoms. The summed E-state index contributed by atoms with van der Waals surface area (Å²) in [5, 5.41) is 7.26. The summed E-state index contributed by atoms with van der Waals surface area (Å²) in [5.74, 6) is 1.15. The largest absolute Gasteiger partial charge is 0.367 e. The molecule has 5 heterocycles. The number of carbonyl (C=O) groups excluding carboxylic acids is 1. The van der Waals surface area contributed by atoms with E-state index in [2.05, 4.69) is 54.7 Å². The minimum absolute atomic E-state index is 0.0337. The Labute approximate surface area is 205 Å². The first kappa shape index (κ1) is 22.0. The van der Waals surface area contributed by atoms with Crippen LogP contribution >= 0.6 is 0 Å². The van der Waals surface area contributed by atoms with Crippen molar-refractivity contribution in [3.63, 3.8) is 0 Å². The zero-order chi connectivity index (χ0) is 24.0. The van der Waals surface area contributed by atoms with E-state index in [1.807, 2.05) is 24.4 Å². The van der Waals surface area contributed by atoms with Crippen molar-refractivity contribution in [2.45, 2.75) is 43.7 Å². The summed E-state index contributed by atoms with van der Waals surface area (Å²) < 4.78 is 2.19. The van der Waals surface area contributed by atoms with Crippen molar-refractivity contribution < 1.29 is 4.79 Å². The maximum atomic E-state index is 12.7. The molecule has 6 rings (SSSR count). The molecule has 1 saturated carbocycles. The normalized spacial score (nSPS) is 22.1. The van der Waals surface area contributed by atoms with Crippen LogP contribution in [0.15, 0.2) is 43.2 Å². The van der Waals surface area contributed by atoms with Gasteiger partial charge in [-0.05, 0) is 38.1 Å². The van der Waals surface area contributed by atoms with Gasteiger partial charge < -0.3 is 20.1 Å². The number of amides is 1. The summed E-state index contributed by atoms with van der Waals surface area (Å²) in [7, 11) is 2.14. The van der Waals surface area contributed by atoms with Crippen LogP contribution < -0.4 is 15.5 Å². The van der Waals surface area contributed by atoms with E-state index in [1.54, 1.807) is 6.20 Å². The Bertz CT molecular complexity index is 1260. The van der Waals surface area contributed by atoms with Gasteiger partial charge in [0.15, 0.2) is 0 Å². The highest BCUT2D eigenvalue weighted by Gasteiger charge is 2.41. The minimum Gasteiger partial charge on any atom is -0.367 e. The summed E-state index contributed by atoms with van der Waals surface area (Å²) in [4.78, 5) is 31.3. The van der Waals surface area contributed by atoms with Gasteiger partial charge in [-0.1, -0.05) is 25.3 Å². The molecule has 0 radical (unpaired) electrons. The number of nitrogens with zero attached hydrogens (tertiary/aromatic N) is 6. The fourth-order valence-corrected chi connectivity index (χ4v) is 5.87. The molecule has 2 N–H and O–H groups in total. The Kier molecular flexibility index (Phi) is 5.44. The number of aromatic nitrogens is 4. The van der Waals surface area contributed by atoms with Gasteiger partial charge in [0.1, 0.15) is 17.2 Å². The Morgan fingerprint density at radius 1 is 1.17 bits per heavy atom. The fraction of sp³-hybridized carbons (Fsp3) is 0.462. The van der Waals surface area contributed by atoms with E-state index in [1.165, 1.54) is 19.3 Å². The highest BCUT2D eigenvalue weighted by Crippen LogP contribution is 2.40. The number of likely N-dealkylation sites (N-methyl/N-ethyl adjacent to an activating group) is 1. The molecule has 0 unspecified atom stereocenters. The first-order valence-corrected chi connectivity index (χ1v) is 12.5. The van der Waals surface area contributed by atoms with Gasteiger partial charge >= 0.3 is 0 Å². The van der Waals surface area contributed by atoms with Crippen molar-refractivity contribution in [3.8, 4) is 0 Å². The van der Waals surface area contributed by atoms with Crippen molar-refractivity contribution in [1.82, 2.24) is 29.7 Å². The van der Waals surface area contributed by atoms with E-state index in [9.17, 15) is 4.79 Å². The lowest BCUT2D eigenvalue weighted by Crippen LogP contribution is -2.52. The standard InChI is InChI=1S/C26H32N8O/c1-3-19-16-33(12-11-32(19)2)20-7-8-22(27-15-20)30-25-28-14-18-13-21-24(35)29-17-26(9-5-4-6-10-26)34(21)23(18)31-25/h3,7-8,13-15,19H,1,4-6,9-12,16-17H2,2H3,(H,29,35)(H,27,28,30,31)/t19-/m1/s1. The van der Waals surface area contributed by atoms with E-state index < -0.39 is 0 Å². The lowest BCUT2D eigenvalue weighted by atomic mass is 9.80. The van der Waals surface area contributed by atoms with E-state index in [4.69, 9.17) is 4.98 Å². The highest BCUT2D eigenvalue weighted by molar-refractivity contribution is 5.99. The SMILES string of the molecule is C=C[C@@H]1CN(c2ccc(Nc3ncc4cc5n(c4n3)C3(CCCCC3)CNC5=O)nc2)CCN1C. The quantitative estimate of drug-likeness (QED) is 0.563. The number of nitrogens with one attached hydrogen (secondary N) is 2. The average Bonchev–Trinajstić information content (AvgIpc) is 3.29. The topological polar surface area (TPSA) is 91.2 Å². The van der Waals surface area contributed by atoms with E-state index in [0.717, 1.165) is 49.2 Å². The van der Waals surface area contributed by atoms with Crippen LogP contribution in [0.5, 0.6) is 0 Å². The molecule has 1 atom stereocenters. The lowest BCUT2D eigenvalue weighted by molar-refractivity contribution is 0.0833. The Hall–Kier alpha value is -3.46. The summed E-state index contributed by atoms with van der Waals surface area (Å²) in [5.41, 5.74) is 2.50. The van der Waals surface area contributed by atoms with Gasteiger partial charge in [-0.3, -0.25) is 9.69 Å². The number of hydrogen-bond donors (Lipinski definition) is 2. The zero-order valence-corrected chi connectivity index (χ0v) is 20.2. The maximum Gasteiger partial charge on any atom is 0.268 e. The second-order valence-electron chi connectivity index (χ2n) is 10.1. The number of carbonyl (C=O) groups is 1. The van der Waals surface area contributed by atoms with Gasteiger partial charge in [0.2, 0.25) is 5.95 Å². The molecule has 3 aromatic rings. The first-order chi connectivity index (χ1) is 17.1. The van der Waals surface area contributed by atoms with Gasteiger partial charge in [0.25, 0.3) is 5.91 Å². The number of pyridine rings is 1. The maximum absolute atomic E-state index is 12.7. The predicted molar refractivity (Wildman–Crippen MR) is 137 cm³/mol. The number of hydrogen-bond acceptors (Lipinski definition) is 7. The van der Waals surface area contributed by atoms with Crippen molar-refractivity contribution in [2.24, 2.45) is 0 Å². The Balaban J connectivity index is 1.26. The van der Waals surface area contributed by atoms with Gasteiger partial charge in [0.05, 0.1) is 17.4 Å². The third-order valence-corrected chi connectivity index (χ3v) is 7.93. The molecule has 0 aromatic carbocycles. The molecule has 9 heteroatoms. The molecule has 3 aromatic heterocycles. The van der Waals surface area contributed by atoms with Crippen LogP contribution in [0, 0.1) is 0 Å². The molecule has 0 bridgehead atoms. The third-order valence-electron chi connectivity index (χ3n) is 7.93. The van der Waals surface area contributed by atoms with E-state index >= 15 is 0 Å². The van der Waals surface area contributed by atoms with Crippen molar-refractivity contribution in [2.75, 3.05) is 43.4 Å². The van der Waals surface area contributed by atoms with Gasteiger partial charge in [0, 0.05) is 43.8 Å². The van der Waals surface area contributed by atoms with Crippen molar-refractivity contribution in [3.05, 3.63) is 48.9 Å². The average molecular weight is 473 g/mol. The monoisotopic (exact) mass is 472 g/mol. The highest BCUT2D eigenvalue weighted by atomic mass is 16.2. The van der Waals surface area contributed by atoms with Crippen LogP contribution in [0.3, 0.4) is 0 Å². The molecular weight excluding hydrogens is 440 g/mol. The van der Waals surface area contributed by atoms with Gasteiger partial charge in [-0.2, -0.15) is 4.98 Å². The fourth-order valence-electron chi connectivity index (χ4n) is 5.87. The second kappa shape index (κ2) is 8.64. The molecule has 9 nitrogen and oxygen atoms in total. The summed E-state index contributed by atoms with van der Waals surface area (Å²) in [6.45, 7) is 7.49. The molecule has 3 aliphatic rings. The van der Waals surface area contributed by atoms with Gasteiger partial charge in [-0.15, -0.1) is 6.58 Å². The Morgan fingerprint density at radius 2 is 2.03 bits per heavy atom. The van der Waals surface area contributed by atoms with Gasteiger partial charge in [-0.25, -0.2) is 9.97 Å². The van der Waals surface area contributed by atoms with Crippen LogP contribution in [0.2, 0.25) is 0 Å². The van der Waals surface area contributed by atoms with Crippen LogP contribution in [0.4, 0.5) is 17.5 Å². The molecule has 2 fully saturated rings. The predicted octanol–water partition coefficient (Wildman–Crippen LogP) is 3.28. The minimum atomic E-state index is -0.0967. The molecule has 1 saturated heterocycles. The van der Waals surface area contributed by atoms with Crippen LogP contribution in [-0.4, -0.2) is 69.6 Å². The van der Waals surface area contributed by atoms with Crippen molar-refractivity contribution in [1.29, 1.82) is 0 Å². The third kappa shape index (κ3) is 3.83. The molecule has 1 amide bonds. The van der Waals surface area contributed by atoms with Crippen molar-refractivity contribution >= 4 is 34.4 Å². The van der Waals surface area contributed by atoms with Crippen LogP contribution in [0.25, 0.3) is 11.0 Å².